The van der Waals surface area contributed by atoms with Crippen LogP contribution in [0.1, 0.15) is 0 Å². The van der Waals surface area contributed by atoms with Gasteiger partial charge in [-0.25, -0.2) is 0 Å². The molecule has 0 bridgehead atoms. The maximum absolute atomic E-state index is 10.7. The summed E-state index contributed by atoms with van der Waals surface area (Å²) in [6.45, 7) is 0. The van der Waals surface area contributed by atoms with Gasteiger partial charge in [0.1, 0.15) is 0 Å². The van der Waals surface area contributed by atoms with Gasteiger partial charge in [-0.15, -0.1) is 0 Å². The zero-order valence-corrected chi connectivity index (χ0v) is 11.3. The Bertz CT molecular complexity index is 765. The number of nitro benzene ring substituents is 1. The number of nitrogens with zero attached hydrogens (tertiary/aromatic N) is 1. The molecule has 0 heterocycles. The summed E-state index contributed by atoms with van der Waals surface area (Å²) in [7, 11) is 0. The van der Waals surface area contributed by atoms with E-state index in [0.29, 0.717) is 0 Å². The van der Waals surface area contributed by atoms with Gasteiger partial charge in [0.05, 0.1) is 4.92 Å². The van der Waals surface area contributed by atoms with E-state index in [4.69, 9.17) is 0 Å². The molecule has 0 spiro atoms. The van der Waals surface area contributed by atoms with E-state index in [2.05, 4.69) is 18.2 Å². The van der Waals surface area contributed by atoms with E-state index in [0.717, 1.165) is 22.3 Å². The summed E-state index contributed by atoms with van der Waals surface area (Å²) < 4.78 is 0. The molecule has 0 saturated carbocycles. The Balaban J connectivity index is 2.09. The fraction of sp³-hybridized carbons (Fsp3) is 0. The minimum Gasteiger partial charge on any atom is -0.258 e. The lowest BCUT2D eigenvalue weighted by Gasteiger charge is -2.09. The number of benzene rings is 3. The van der Waals surface area contributed by atoms with Crippen molar-refractivity contribution in [2.75, 3.05) is 0 Å². The van der Waals surface area contributed by atoms with Gasteiger partial charge in [-0.1, -0.05) is 54.6 Å². The van der Waals surface area contributed by atoms with Crippen molar-refractivity contribution < 1.29 is 4.92 Å². The van der Waals surface area contributed by atoms with Gasteiger partial charge in [0.25, 0.3) is 5.69 Å². The molecule has 3 aromatic carbocycles. The molecule has 0 amide bonds. The van der Waals surface area contributed by atoms with Crippen molar-refractivity contribution in [2.24, 2.45) is 0 Å². The van der Waals surface area contributed by atoms with Crippen molar-refractivity contribution in [1.82, 2.24) is 0 Å². The third-order valence-corrected chi connectivity index (χ3v) is 3.40. The molecule has 0 radical (unpaired) electrons. The lowest BCUT2D eigenvalue weighted by molar-refractivity contribution is -0.384. The average Bonchev–Trinajstić information content (AvgIpc) is 2.56. The Labute approximate surface area is 122 Å². The van der Waals surface area contributed by atoms with Crippen molar-refractivity contribution in [3.05, 3.63) is 89.0 Å². The van der Waals surface area contributed by atoms with Crippen LogP contribution in [0.15, 0.2) is 78.9 Å². The second kappa shape index (κ2) is 5.59. The van der Waals surface area contributed by atoms with Gasteiger partial charge < -0.3 is 0 Å². The number of hydrogen-bond donors (Lipinski definition) is 0. The second-order valence-electron chi connectivity index (χ2n) is 4.72. The minimum atomic E-state index is -0.382. The Morgan fingerprint density at radius 2 is 1.10 bits per heavy atom. The average molecular weight is 275 g/mol. The van der Waals surface area contributed by atoms with Gasteiger partial charge in [0.2, 0.25) is 0 Å². The molecule has 0 aliphatic carbocycles. The van der Waals surface area contributed by atoms with Crippen LogP contribution in [0.3, 0.4) is 0 Å². The third-order valence-electron chi connectivity index (χ3n) is 3.40. The van der Waals surface area contributed by atoms with Crippen LogP contribution in [-0.2, 0) is 0 Å². The summed E-state index contributed by atoms with van der Waals surface area (Å²) in [5.74, 6) is 0. The van der Waals surface area contributed by atoms with Gasteiger partial charge >= 0.3 is 0 Å². The predicted octanol–water partition coefficient (Wildman–Crippen LogP) is 4.93. The Morgan fingerprint density at radius 3 is 1.62 bits per heavy atom. The van der Waals surface area contributed by atoms with Gasteiger partial charge in [-0.2, -0.15) is 0 Å². The smallest absolute Gasteiger partial charge is 0.258 e. The highest BCUT2D eigenvalue weighted by Crippen LogP contribution is 2.32. The fourth-order valence-electron chi connectivity index (χ4n) is 2.37. The zero-order valence-electron chi connectivity index (χ0n) is 11.3. The third kappa shape index (κ3) is 2.67. The Kier molecular flexibility index (Phi) is 3.48. The van der Waals surface area contributed by atoms with Crippen molar-refractivity contribution in [1.29, 1.82) is 0 Å². The molecule has 0 unspecified atom stereocenters. The maximum Gasteiger partial charge on any atom is 0.269 e. The van der Waals surface area contributed by atoms with Crippen molar-refractivity contribution in [3.63, 3.8) is 0 Å². The van der Waals surface area contributed by atoms with E-state index in [1.165, 1.54) is 12.1 Å². The zero-order chi connectivity index (χ0) is 14.7. The summed E-state index contributed by atoms with van der Waals surface area (Å²) in [6, 6.07) is 24.8. The van der Waals surface area contributed by atoms with Crippen LogP contribution in [0.5, 0.6) is 0 Å². The molecule has 3 heteroatoms. The van der Waals surface area contributed by atoms with Gasteiger partial charge in [0, 0.05) is 12.1 Å². The van der Waals surface area contributed by atoms with E-state index >= 15 is 0 Å². The SMILES string of the molecule is O=[N+]([O-])c1ccc(-c2ccccc2-c2ccccc2)cc1. The molecule has 0 aliphatic rings. The number of rotatable bonds is 3. The van der Waals surface area contributed by atoms with Crippen molar-refractivity contribution in [3.8, 4) is 22.3 Å². The first-order chi connectivity index (χ1) is 10.3. The van der Waals surface area contributed by atoms with E-state index in [9.17, 15) is 10.1 Å². The molecular weight excluding hydrogens is 262 g/mol. The van der Waals surface area contributed by atoms with Gasteiger partial charge in [-0.3, -0.25) is 10.1 Å². The van der Waals surface area contributed by atoms with Crippen molar-refractivity contribution in [2.45, 2.75) is 0 Å². The molecular formula is C18H13NO2. The van der Waals surface area contributed by atoms with Gasteiger partial charge in [-0.05, 0) is 34.4 Å². The van der Waals surface area contributed by atoms with Crippen LogP contribution < -0.4 is 0 Å². The lowest BCUT2D eigenvalue weighted by Crippen LogP contribution is -1.88. The van der Waals surface area contributed by atoms with Crippen LogP contribution in [0.25, 0.3) is 22.3 Å². The highest BCUT2D eigenvalue weighted by atomic mass is 16.6. The molecule has 0 fully saturated rings. The van der Waals surface area contributed by atoms with Crippen molar-refractivity contribution >= 4 is 5.69 Å². The molecule has 0 atom stereocenters. The van der Waals surface area contributed by atoms with Crippen LogP contribution in [-0.4, -0.2) is 4.92 Å². The Hall–Kier alpha value is -2.94. The summed E-state index contributed by atoms with van der Waals surface area (Å²) in [6.07, 6.45) is 0. The van der Waals surface area contributed by atoms with Gasteiger partial charge in [0.15, 0.2) is 0 Å². The number of hydrogen-bond acceptors (Lipinski definition) is 2. The maximum atomic E-state index is 10.7. The second-order valence-corrected chi connectivity index (χ2v) is 4.72. The quantitative estimate of drug-likeness (QED) is 0.502. The molecule has 0 N–H and O–H groups in total. The predicted molar refractivity (Wildman–Crippen MR) is 84.0 cm³/mol. The first-order valence-electron chi connectivity index (χ1n) is 6.65. The molecule has 0 saturated heterocycles. The molecule has 21 heavy (non-hydrogen) atoms. The fourth-order valence-corrected chi connectivity index (χ4v) is 2.37. The Morgan fingerprint density at radius 1 is 0.619 bits per heavy atom. The van der Waals surface area contributed by atoms with Crippen LogP contribution in [0.4, 0.5) is 5.69 Å². The lowest BCUT2D eigenvalue weighted by atomic mass is 9.94. The molecule has 0 aromatic heterocycles. The topological polar surface area (TPSA) is 43.1 Å². The summed E-state index contributed by atoms with van der Waals surface area (Å²) in [5.41, 5.74) is 4.40. The molecule has 3 rings (SSSR count). The van der Waals surface area contributed by atoms with E-state index < -0.39 is 0 Å². The molecule has 0 aliphatic heterocycles. The normalized spacial score (nSPS) is 10.3. The van der Waals surface area contributed by atoms with Crippen LogP contribution in [0, 0.1) is 10.1 Å². The van der Waals surface area contributed by atoms with E-state index in [1.807, 2.05) is 36.4 Å². The summed E-state index contributed by atoms with van der Waals surface area (Å²) in [5, 5.41) is 10.7. The first-order valence-corrected chi connectivity index (χ1v) is 6.65. The molecule has 102 valence electrons. The highest BCUT2D eigenvalue weighted by molar-refractivity contribution is 5.83. The molecule has 3 nitrogen and oxygen atoms in total. The number of nitro groups is 1. The first kappa shape index (κ1) is 13.1. The van der Waals surface area contributed by atoms with E-state index in [1.54, 1.807) is 12.1 Å². The summed E-state index contributed by atoms with van der Waals surface area (Å²) in [4.78, 5) is 10.4. The monoisotopic (exact) mass is 275 g/mol. The van der Waals surface area contributed by atoms with E-state index in [-0.39, 0.29) is 10.6 Å². The van der Waals surface area contributed by atoms with Crippen LogP contribution in [0.2, 0.25) is 0 Å². The highest BCUT2D eigenvalue weighted by Gasteiger charge is 2.09. The minimum absolute atomic E-state index is 0.107. The largest absolute Gasteiger partial charge is 0.269 e. The summed E-state index contributed by atoms with van der Waals surface area (Å²) >= 11 is 0. The molecule has 3 aromatic rings. The standard InChI is InChI=1S/C18H13NO2/c20-19(21)16-12-10-15(11-13-16)18-9-5-4-8-17(18)14-6-2-1-3-7-14/h1-13H. The van der Waals surface area contributed by atoms with Crippen LogP contribution >= 0.6 is 0 Å². The number of non-ortho nitro benzene ring substituents is 1.